The second kappa shape index (κ2) is 7.73. The zero-order valence-electron chi connectivity index (χ0n) is 14.8. The molecule has 1 aliphatic rings. The van der Waals surface area contributed by atoms with Gasteiger partial charge in [0.2, 0.25) is 0 Å². The highest BCUT2D eigenvalue weighted by atomic mass is 35.5. The number of imide groups is 1. The van der Waals surface area contributed by atoms with E-state index in [1.165, 1.54) is 30.3 Å². The van der Waals surface area contributed by atoms with Crippen LogP contribution in [-0.2, 0) is 11.3 Å². The van der Waals surface area contributed by atoms with Gasteiger partial charge in [-0.15, -0.1) is 0 Å². The zero-order chi connectivity index (χ0) is 20.5. The number of carbonyl (C=O) groups excluding carboxylic acids is 2. The van der Waals surface area contributed by atoms with E-state index in [1.807, 2.05) is 0 Å². The minimum Gasteiger partial charge on any atom is -0.457 e. The van der Waals surface area contributed by atoms with Crippen molar-refractivity contribution in [3.8, 4) is 11.3 Å². The largest absolute Gasteiger partial charge is 0.457 e. The number of hydrogen-bond acceptors (Lipinski definition) is 3. The van der Waals surface area contributed by atoms with Gasteiger partial charge in [-0.05, 0) is 48.0 Å². The topological polar surface area (TPSA) is 62.6 Å². The Bertz CT molecular complexity index is 1140. The molecular formula is C21H13Cl2FN2O3. The summed E-state index contributed by atoms with van der Waals surface area (Å²) in [4.78, 5) is 25.8. The van der Waals surface area contributed by atoms with Crippen LogP contribution in [0.25, 0.3) is 17.4 Å². The van der Waals surface area contributed by atoms with E-state index in [0.29, 0.717) is 32.7 Å². The minimum absolute atomic E-state index is 0.0338. The molecule has 1 fully saturated rings. The quantitative estimate of drug-likeness (QED) is 0.439. The highest BCUT2D eigenvalue weighted by Crippen LogP contribution is 2.32. The molecule has 2 heterocycles. The van der Waals surface area contributed by atoms with E-state index in [9.17, 15) is 14.0 Å². The fraction of sp³-hybridized carbons (Fsp3) is 0.0476. The van der Waals surface area contributed by atoms with Crippen LogP contribution in [0.3, 0.4) is 0 Å². The lowest BCUT2D eigenvalue weighted by atomic mass is 10.2. The molecule has 3 aromatic rings. The predicted octanol–water partition coefficient (Wildman–Crippen LogP) is 5.49. The molecule has 1 saturated heterocycles. The van der Waals surface area contributed by atoms with Gasteiger partial charge in [-0.25, -0.2) is 9.18 Å². The number of carbonyl (C=O) groups is 2. The first-order chi connectivity index (χ1) is 13.9. The number of furan rings is 1. The lowest BCUT2D eigenvalue weighted by Gasteiger charge is -2.11. The Kier molecular flexibility index (Phi) is 5.13. The normalized spacial score (nSPS) is 15.3. The minimum atomic E-state index is -0.557. The van der Waals surface area contributed by atoms with Crippen LogP contribution in [0.15, 0.2) is 64.7 Å². The van der Waals surface area contributed by atoms with Gasteiger partial charge in [0.1, 0.15) is 23.0 Å². The summed E-state index contributed by atoms with van der Waals surface area (Å²) in [6.07, 6.45) is 1.44. The summed E-state index contributed by atoms with van der Waals surface area (Å²) < 4.78 is 18.8. The number of amides is 3. The van der Waals surface area contributed by atoms with Crippen molar-refractivity contribution < 1.29 is 18.4 Å². The fourth-order valence-corrected chi connectivity index (χ4v) is 3.40. The maximum atomic E-state index is 13.0. The third kappa shape index (κ3) is 4.04. The van der Waals surface area contributed by atoms with Gasteiger partial charge >= 0.3 is 6.03 Å². The van der Waals surface area contributed by atoms with E-state index in [-0.39, 0.29) is 18.1 Å². The molecule has 5 nitrogen and oxygen atoms in total. The third-order valence-corrected chi connectivity index (χ3v) is 4.87. The van der Waals surface area contributed by atoms with Crippen LogP contribution in [-0.4, -0.2) is 16.8 Å². The molecule has 2 aromatic carbocycles. The molecule has 3 amide bonds. The summed E-state index contributed by atoms with van der Waals surface area (Å²) >= 11 is 12.1. The number of nitrogens with zero attached hydrogens (tertiary/aromatic N) is 1. The number of hydrogen-bond donors (Lipinski definition) is 1. The Balaban J connectivity index is 1.54. The number of urea groups is 1. The van der Waals surface area contributed by atoms with Crippen LogP contribution in [0.2, 0.25) is 10.0 Å². The Morgan fingerprint density at radius 1 is 1.03 bits per heavy atom. The maximum absolute atomic E-state index is 13.0. The molecule has 0 radical (unpaired) electrons. The second-order valence-electron chi connectivity index (χ2n) is 6.33. The van der Waals surface area contributed by atoms with E-state index >= 15 is 0 Å². The molecule has 1 N–H and O–H groups in total. The predicted molar refractivity (Wildman–Crippen MR) is 108 cm³/mol. The highest BCUT2D eigenvalue weighted by molar-refractivity contribution is 6.36. The first-order valence-electron chi connectivity index (χ1n) is 8.55. The molecule has 0 spiro atoms. The summed E-state index contributed by atoms with van der Waals surface area (Å²) in [5.74, 6) is -0.0143. The van der Waals surface area contributed by atoms with Crippen molar-refractivity contribution in [2.45, 2.75) is 6.54 Å². The van der Waals surface area contributed by atoms with Gasteiger partial charge in [-0.1, -0.05) is 35.3 Å². The Labute approximate surface area is 175 Å². The van der Waals surface area contributed by atoms with Crippen LogP contribution < -0.4 is 5.32 Å². The number of nitrogens with one attached hydrogen (secondary N) is 1. The fourth-order valence-electron chi connectivity index (χ4n) is 2.89. The SMILES string of the molecule is O=C1N/C(=C\c2ccc(-c3ccc(Cl)cc3Cl)o2)C(=O)N1Cc1ccc(F)cc1. The van der Waals surface area contributed by atoms with Crippen LogP contribution in [0.5, 0.6) is 0 Å². The summed E-state index contributed by atoms with van der Waals surface area (Å²) in [6, 6.07) is 13.4. The van der Waals surface area contributed by atoms with Crippen molar-refractivity contribution in [2.24, 2.45) is 0 Å². The van der Waals surface area contributed by atoms with Crippen molar-refractivity contribution in [3.05, 3.63) is 87.5 Å². The molecule has 146 valence electrons. The molecule has 29 heavy (non-hydrogen) atoms. The van der Waals surface area contributed by atoms with Gasteiger partial charge in [0.05, 0.1) is 11.6 Å². The van der Waals surface area contributed by atoms with Gasteiger partial charge in [-0.3, -0.25) is 9.69 Å². The van der Waals surface area contributed by atoms with E-state index < -0.39 is 11.9 Å². The molecule has 4 rings (SSSR count). The van der Waals surface area contributed by atoms with Gasteiger partial charge in [0, 0.05) is 16.7 Å². The van der Waals surface area contributed by atoms with Crippen LogP contribution in [0.1, 0.15) is 11.3 Å². The molecule has 1 aliphatic heterocycles. The average molecular weight is 431 g/mol. The summed E-state index contributed by atoms with van der Waals surface area (Å²) in [6.45, 7) is 0.0338. The van der Waals surface area contributed by atoms with Gasteiger partial charge in [0.25, 0.3) is 5.91 Å². The molecule has 0 atom stereocenters. The van der Waals surface area contributed by atoms with Gasteiger partial charge < -0.3 is 9.73 Å². The molecular weight excluding hydrogens is 418 g/mol. The summed E-state index contributed by atoms with van der Waals surface area (Å²) in [5, 5.41) is 3.46. The van der Waals surface area contributed by atoms with Crippen molar-refractivity contribution in [1.29, 1.82) is 0 Å². The monoisotopic (exact) mass is 430 g/mol. The molecule has 0 bridgehead atoms. The number of rotatable bonds is 4. The van der Waals surface area contributed by atoms with Crippen molar-refractivity contribution in [3.63, 3.8) is 0 Å². The Hall–Kier alpha value is -3.09. The van der Waals surface area contributed by atoms with Crippen molar-refractivity contribution in [2.75, 3.05) is 0 Å². The van der Waals surface area contributed by atoms with Crippen LogP contribution >= 0.6 is 23.2 Å². The molecule has 0 aliphatic carbocycles. The number of halogens is 3. The molecule has 0 saturated carbocycles. The molecule has 1 aromatic heterocycles. The van der Waals surface area contributed by atoms with Crippen molar-refractivity contribution >= 4 is 41.2 Å². The Morgan fingerprint density at radius 2 is 1.79 bits per heavy atom. The van der Waals surface area contributed by atoms with Gasteiger partial charge in [0.15, 0.2) is 0 Å². The van der Waals surface area contributed by atoms with E-state index in [2.05, 4.69) is 5.32 Å². The number of benzene rings is 2. The van der Waals surface area contributed by atoms with E-state index in [0.717, 1.165) is 4.90 Å². The summed E-state index contributed by atoms with van der Waals surface area (Å²) in [5.41, 5.74) is 1.37. The van der Waals surface area contributed by atoms with Crippen LogP contribution in [0, 0.1) is 5.82 Å². The standard InChI is InChI=1S/C21H13Cl2FN2O3/c22-13-3-7-16(17(23)9-13)19-8-6-15(29-19)10-18-20(27)26(21(28)25-18)11-12-1-4-14(24)5-2-12/h1-10H,11H2,(H,25,28)/b18-10-. The van der Waals surface area contributed by atoms with Crippen LogP contribution in [0.4, 0.5) is 9.18 Å². The van der Waals surface area contributed by atoms with E-state index in [1.54, 1.807) is 30.3 Å². The third-order valence-electron chi connectivity index (χ3n) is 4.33. The first-order valence-corrected chi connectivity index (χ1v) is 9.30. The lowest BCUT2D eigenvalue weighted by Crippen LogP contribution is -2.30. The molecule has 0 unspecified atom stereocenters. The van der Waals surface area contributed by atoms with Crippen molar-refractivity contribution in [1.82, 2.24) is 10.2 Å². The first kappa shape index (κ1) is 19.2. The maximum Gasteiger partial charge on any atom is 0.329 e. The molecule has 8 heteroatoms. The Morgan fingerprint density at radius 3 is 2.52 bits per heavy atom. The highest BCUT2D eigenvalue weighted by Gasteiger charge is 2.33. The second-order valence-corrected chi connectivity index (χ2v) is 7.18. The summed E-state index contributed by atoms with van der Waals surface area (Å²) in [7, 11) is 0. The van der Waals surface area contributed by atoms with E-state index in [4.69, 9.17) is 27.6 Å². The smallest absolute Gasteiger partial charge is 0.329 e. The lowest BCUT2D eigenvalue weighted by molar-refractivity contribution is -0.123. The van der Waals surface area contributed by atoms with Gasteiger partial charge in [-0.2, -0.15) is 0 Å². The average Bonchev–Trinajstić information content (AvgIpc) is 3.24. The zero-order valence-corrected chi connectivity index (χ0v) is 16.3.